The Morgan fingerprint density at radius 2 is 2.14 bits per heavy atom. The number of hydrogen-bond donors (Lipinski definition) is 1. The van der Waals surface area contributed by atoms with Crippen LogP contribution < -0.4 is 11.0 Å². The van der Waals surface area contributed by atoms with Gasteiger partial charge in [-0.05, 0) is 38.2 Å². The number of nitrogens with zero attached hydrogens (tertiary/aromatic N) is 1. The first-order valence-corrected chi connectivity index (χ1v) is 7.48. The summed E-state index contributed by atoms with van der Waals surface area (Å²) in [5.41, 5.74) is -0.709. The molecule has 1 saturated heterocycles. The third kappa shape index (κ3) is 2.96. The number of carboxylic acid groups (broad SMARTS) is 1. The molecule has 7 heteroatoms. The standard InChI is InChI=1S/C15H22BNO5/c1-6-17-8-10(7-11(13(17)18)14(19)20)16-21-12(9(2)3)15(4,5)22-16/h7-9,12H,6H2,1-5H3,(H,19,20). The minimum Gasteiger partial charge on any atom is -0.477 e. The monoisotopic (exact) mass is 307 g/mol. The van der Waals surface area contributed by atoms with Crippen molar-refractivity contribution < 1.29 is 19.2 Å². The second kappa shape index (κ2) is 5.89. The molecular weight excluding hydrogens is 285 g/mol. The lowest BCUT2D eigenvalue weighted by molar-refractivity contribution is 0.0438. The molecule has 1 aliphatic heterocycles. The molecule has 2 rings (SSSR count). The van der Waals surface area contributed by atoms with Gasteiger partial charge in [-0.15, -0.1) is 0 Å². The van der Waals surface area contributed by atoms with E-state index in [1.807, 2.05) is 27.7 Å². The average Bonchev–Trinajstić information content (AvgIpc) is 2.74. The van der Waals surface area contributed by atoms with Gasteiger partial charge >= 0.3 is 13.1 Å². The fourth-order valence-corrected chi connectivity index (χ4v) is 2.95. The van der Waals surface area contributed by atoms with Gasteiger partial charge < -0.3 is 19.0 Å². The topological polar surface area (TPSA) is 77.8 Å². The zero-order valence-electron chi connectivity index (χ0n) is 13.6. The summed E-state index contributed by atoms with van der Waals surface area (Å²) < 4.78 is 13.3. The largest absolute Gasteiger partial charge is 0.496 e. The minimum absolute atomic E-state index is 0.104. The van der Waals surface area contributed by atoms with Crippen LogP contribution >= 0.6 is 0 Å². The van der Waals surface area contributed by atoms with Crippen molar-refractivity contribution in [3.8, 4) is 0 Å². The quantitative estimate of drug-likeness (QED) is 0.843. The van der Waals surface area contributed by atoms with Crippen LogP contribution in [0.15, 0.2) is 17.1 Å². The van der Waals surface area contributed by atoms with Crippen LogP contribution in [0.5, 0.6) is 0 Å². The third-order valence-electron chi connectivity index (χ3n) is 3.92. The first-order valence-electron chi connectivity index (χ1n) is 7.48. The fraction of sp³-hybridized carbons (Fsp3) is 0.600. The molecule has 1 unspecified atom stereocenters. The van der Waals surface area contributed by atoms with Gasteiger partial charge in [0.1, 0.15) is 5.56 Å². The second-order valence-electron chi connectivity index (χ2n) is 6.44. The first-order chi connectivity index (χ1) is 10.2. The van der Waals surface area contributed by atoms with Crippen molar-refractivity contribution in [2.45, 2.75) is 52.9 Å². The van der Waals surface area contributed by atoms with Crippen LogP contribution in [-0.4, -0.2) is 34.5 Å². The number of carbonyl (C=O) groups is 1. The predicted molar refractivity (Wildman–Crippen MR) is 83.6 cm³/mol. The molecule has 1 aromatic rings. The first kappa shape index (κ1) is 16.8. The Kier molecular flexibility index (Phi) is 4.49. The molecule has 0 spiro atoms. The summed E-state index contributed by atoms with van der Waals surface area (Å²) in [4.78, 5) is 23.3. The van der Waals surface area contributed by atoms with Gasteiger partial charge in [0.25, 0.3) is 5.56 Å². The van der Waals surface area contributed by atoms with E-state index in [-0.39, 0.29) is 17.6 Å². The van der Waals surface area contributed by atoms with Gasteiger partial charge in [-0.3, -0.25) is 4.79 Å². The Labute approximate surface area is 130 Å². The Bertz CT molecular complexity index is 637. The molecule has 1 N–H and O–H groups in total. The second-order valence-corrected chi connectivity index (χ2v) is 6.44. The van der Waals surface area contributed by atoms with Gasteiger partial charge in [0.05, 0.1) is 11.7 Å². The van der Waals surface area contributed by atoms with Crippen molar-refractivity contribution in [2.24, 2.45) is 5.92 Å². The molecule has 2 heterocycles. The van der Waals surface area contributed by atoms with Gasteiger partial charge in [0.15, 0.2) is 0 Å². The average molecular weight is 307 g/mol. The summed E-state index contributed by atoms with van der Waals surface area (Å²) >= 11 is 0. The molecule has 1 fully saturated rings. The summed E-state index contributed by atoms with van der Waals surface area (Å²) in [5, 5.41) is 9.20. The van der Waals surface area contributed by atoms with Gasteiger partial charge in [0, 0.05) is 12.7 Å². The van der Waals surface area contributed by atoms with Gasteiger partial charge in [-0.25, -0.2) is 4.79 Å². The van der Waals surface area contributed by atoms with Crippen molar-refractivity contribution in [3.05, 3.63) is 28.2 Å². The van der Waals surface area contributed by atoms with E-state index in [0.717, 1.165) is 0 Å². The van der Waals surface area contributed by atoms with Crippen molar-refractivity contribution in [2.75, 3.05) is 0 Å². The molecule has 1 aliphatic rings. The summed E-state index contributed by atoms with van der Waals surface area (Å²) in [7, 11) is -0.668. The SMILES string of the molecule is CCn1cc(B2OC(C(C)C)C(C)(C)O2)cc(C(=O)O)c1=O. The smallest absolute Gasteiger partial charge is 0.477 e. The Morgan fingerprint density at radius 1 is 1.50 bits per heavy atom. The summed E-state index contributed by atoms with van der Waals surface area (Å²) in [6.45, 7) is 10.2. The van der Waals surface area contributed by atoms with E-state index < -0.39 is 24.2 Å². The lowest BCUT2D eigenvalue weighted by Gasteiger charge is -2.28. The van der Waals surface area contributed by atoms with Crippen molar-refractivity contribution in [1.29, 1.82) is 0 Å². The number of rotatable bonds is 4. The van der Waals surface area contributed by atoms with Gasteiger partial charge in [-0.2, -0.15) is 0 Å². The molecule has 22 heavy (non-hydrogen) atoms. The van der Waals surface area contributed by atoms with Crippen LogP contribution in [0.4, 0.5) is 0 Å². The van der Waals surface area contributed by atoms with E-state index in [0.29, 0.717) is 12.0 Å². The van der Waals surface area contributed by atoms with E-state index in [4.69, 9.17) is 9.31 Å². The van der Waals surface area contributed by atoms with Crippen molar-refractivity contribution in [1.82, 2.24) is 4.57 Å². The van der Waals surface area contributed by atoms with E-state index in [1.54, 1.807) is 13.1 Å². The third-order valence-corrected chi connectivity index (χ3v) is 3.92. The molecule has 0 bridgehead atoms. The maximum atomic E-state index is 12.0. The summed E-state index contributed by atoms with van der Waals surface area (Å²) in [6, 6.07) is 1.35. The van der Waals surface area contributed by atoms with E-state index in [9.17, 15) is 14.7 Å². The maximum absolute atomic E-state index is 12.0. The Balaban J connectivity index is 2.44. The highest BCUT2D eigenvalue weighted by Gasteiger charge is 2.47. The van der Waals surface area contributed by atoms with E-state index in [2.05, 4.69) is 0 Å². The molecule has 120 valence electrons. The lowest BCUT2D eigenvalue weighted by atomic mass is 9.79. The summed E-state index contributed by atoms with van der Waals surface area (Å²) in [5.74, 6) is -0.984. The highest BCUT2D eigenvalue weighted by molar-refractivity contribution is 6.62. The Morgan fingerprint density at radius 3 is 2.59 bits per heavy atom. The Hall–Kier alpha value is -1.60. The van der Waals surface area contributed by atoms with Crippen molar-refractivity contribution >= 4 is 18.6 Å². The van der Waals surface area contributed by atoms with Crippen LogP contribution in [0.2, 0.25) is 0 Å². The van der Waals surface area contributed by atoms with Crippen LogP contribution in [-0.2, 0) is 15.9 Å². The molecule has 1 atom stereocenters. The molecule has 0 saturated carbocycles. The molecule has 0 amide bonds. The van der Waals surface area contributed by atoms with Gasteiger partial charge in [0.2, 0.25) is 0 Å². The molecule has 0 radical (unpaired) electrons. The van der Waals surface area contributed by atoms with E-state index >= 15 is 0 Å². The molecular formula is C15H22BNO5. The highest BCUT2D eigenvalue weighted by Crippen LogP contribution is 2.31. The number of aromatic carboxylic acids is 1. The molecule has 0 aromatic carbocycles. The number of pyridine rings is 1. The normalized spacial score (nSPS) is 20.6. The lowest BCUT2D eigenvalue weighted by Crippen LogP contribution is -2.40. The molecule has 6 nitrogen and oxygen atoms in total. The number of carboxylic acids is 1. The maximum Gasteiger partial charge on any atom is 0.496 e. The zero-order valence-corrected chi connectivity index (χ0v) is 13.6. The highest BCUT2D eigenvalue weighted by atomic mass is 16.7. The molecule has 1 aromatic heterocycles. The predicted octanol–water partition coefficient (Wildman–Crippen LogP) is 1.11. The van der Waals surface area contributed by atoms with Crippen LogP contribution in [0.25, 0.3) is 0 Å². The van der Waals surface area contributed by atoms with Crippen molar-refractivity contribution in [3.63, 3.8) is 0 Å². The summed E-state index contributed by atoms with van der Waals surface area (Å²) in [6.07, 6.45) is 1.51. The van der Waals surface area contributed by atoms with Crippen LogP contribution in [0.1, 0.15) is 45.0 Å². The number of aromatic nitrogens is 1. The fourth-order valence-electron chi connectivity index (χ4n) is 2.95. The number of hydrogen-bond acceptors (Lipinski definition) is 4. The molecule has 0 aliphatic carbocycles. The minimum atomic E-state index is -1.24. The zero-order chi connectivity index (χ0) is 16.7. The van der Waals surface area contributed by atoms with Crippen LogP contribution in [0, 0.1) is 5.92 Å². The van der Waals surface area contributed by atoms with Gasteiger partial charge in [-0.1, -0.05) is 13.8 Å². The van der Waals surface area contributed by atoms with Crippen LogP contribution in [0.3, 0.4) is 0 Å². The van der Waals surface area contributed by atoms with E-state index in [1.165, 1.54) is 10.6 Å². The number of aryl methyl sites for hydroxylation is 1.